The first kappa shape index (κ1) is 9.52. The topological polar surface area (TPSA) is 39.2 Å². The van der Waals surface area contributed by atoms with Crippen LogP contribution in [0.1, 0.15) is 11.3 Å². The van der Waals surface area contributed by atoms with Gasteiger partial charge in [0, 0.05) is 11.6 Å². The van der Waals surface area contributed by atoms with E-state index >= 15 is 0 Å². The number of rotatable bonds is 2. The van der Waals surface area contributed by atoms with E-state index in [1.165, 1.54) is 12.5 Å². The van der Waals surface area contributed by atoms with Gasteiger partial charge in [-0.1, -0.05) is 18.2 Å². The Bertz CT molecular complexity index is 472. The summed E-state index contributed by atoms with van der Waals surface area (Å²) in [7, 11) is 0. The van der Waals surface area contributed by atoms with Crippen LogP contribution in [0.25, 0.3) is 0 Å². The lowest BCUT2D eigenvalue weighted by Gasteiger charge is -2.04. The van der Waals surface area contributed by atoms with Gasteiger partial charge in [-0.3, -0.25) is 0 Å². The predicted molar refractivity (Wildman–Crippen MR) is 58.3 cm³/mol. The smallest absolute Gasteiger partial charge is 0.223 e. The largest absolute Gasteiger partial charge is 0.618 e. The van der Waals surface area contributed by atoms with E-state index < -0.39 is 0 Å². The molecule has 0 unspecified atom stereocenters. The molecule has 0 aliphatic carbocycles. The molecule has 2 rings (SSSR count). The van der Waals surface area contributed by atoms with Crippen molar-refractivity contribution in [2.75, 3.05) is 0 Å². The van der Waals surface area contributed by atoms with Crippen molar-refractivity contribution < 1.29 is 9.16 Å². The highest BCUT2D eigenvalue weighted by Crippen LogP contribution is 2.16. The van der Waals surface area contributed by atoms with Crippen LogP contribution >= 0.6 is 0 Å². The van der Waals surface area contributed by atoms with E-state index in [-0.39, 0.29) is 0 Å². The first-order valence-corrected chi connectivity index (χ1v) is 4.68. The first-order chi connectivity index (χ1) is 7.27. The van der Waals surface area contributed by atoms with Crippen molar-refractivity contribution in [1.29, 1.82) is 0 Å². The maximum absolute atomic E-state index is 11.7. The van der Waals surface area contributed by atoms with Crippen molar-refractivity contribution >= 4 is 11.9 Å². The lowest BCUT2D eigenvalue weighted by molar-refractivity contribution is -0.355. The summed E-state index contributed by atoms with van der Waals surface area (Å²) in [5.74, 6) is 0.549. The Kier molecular flexibility index (Phi) is 2.54. The maximum atomic E-state index is 11.7. The van der Waals surface area contributed by atoms with E-state index in [0.29, 0.717) is 11.4 Å². The second-order valence-electron chi connectivity index (χ2n) is 3.26. The fourth-order valence-electron chi connectivity index (χ4n) is 1.36. The number of hydrogen-bond acceptors (Lipinski definition) is 2. The fraction of sp³-hybridized carbons (Fsp3) is 0.0833. The average Bonchev–Trinajstić information content (AvgIpc) is 2.71. The van der Waals surface area contributed by atoms with E-state index in [0.717, 1.165) is 10.3 Å². The first-order valence-electron chi connectivity index (χ1n) is 4.68. The van der Waals surface area contributed by atoms with E-state index in [1.807, 2.05) is 25.1 Å². The molecule has 0 atom stereocenters. The third kappa shape index (κ3) is 2.07. The van der Waals surface area contributed by atoms with Crippen LogP contribution in [-0.2, 0) is 0 Å². The van der Waals surface area contributed by atoms with E-state index in [4.69, 9.17) is 4.42 Å². The molecule has 1 heterocycles. The van der Waals surface area contributed by atoms with Crippen molar-refractivity contribution in [3.63, 3.8) is 0 Å². The van der Waals surface area contributed by atoms with Gasteiger partial charge in [0.2, 0.25) is 11.9 Å². The molecule has 0 spiro atoms. The van der Waals surface area contributed by atoms with Gasteiger partial charge >= 0.3 is 0 Å². The standard InChI is InChI=1S/C12H11NO2/c1-10-5-2-3-7-12(10)13(14)9-11-6-4-8-15-11/h2-9H,1H3. The summed E-state index contributed by atoms with van der Waals surface area (Å²) in [6, 6.07) is 10.9. The molecule has 0 radical (unpaired) electrons. The number of furan rings is 1. The molecule has 1 aromatic carbocycles. The third-order valence-corrected chi connectivity index (χ3v) is 2.14. The van der Waals surface area contributed by atoms with E-state index in [1.54, 1.807) is 18.2 Å². The van der Waals surface area contributed by atoms with Gasteiger partial charge in [-0.15, -0.1) is 0 Å². The van der Waals surface area contributed by atoms with Crippen LogP contribution in [0.5, 0.6) is 0 Å². The molecule has 76 valence electrons. The summed E-state index contributed by atoms with van der Waals surface area (Å²) in [5.41, 5.74) is 1.57. The quantitative estimate of drug-likeness (QED) is 0.324. The number of para-hydroxylation sites is 1. The lowest BCUT2D eigenvalue weighted by Crippen LogP contribution is -1.99. The molecule has 0 saturated carbocycles. The average molecular weight is 201 g/mol. The molecule has 0 bridgehead atoms. The molecular formula is C12H11NO2. The predicted octanol–water partition coefficient (Wildman–Crippen LogP) is 2.85. The van der Waals surface area contributed by atoms with E-state index in [9.17, 15) is 5.21 Å². The van der Waals surface area contributed by atoms with Gasteiger partial charge in [0.05, 0.1) is 6.26 Å². The summed E-state index contributed by atoms with van der Waals surface area (Å²) in [4.78, 5) is 0. The second-order valence-corrected chi connectivity index (χ2v) is 3.26. The highest BCUT2D eigenvalue weighted by Gasteiger charge is 2.05. The molecule has 3 nitrogen and oxygen atoms in total. The zero-order valence-corrected chi connectivity index (χ0v) is 8.38. The third-order valence-electron chi connectivity index (χ3n) is 2.14. The minimum absolute atomic E-state index is 0.549. The van der Waals surface area contributed by atoms with Crippen LogP contribution in [0.2, 0.25) is 0 Å². The Morgan fingerprint density at radius 2 is 2.00 bits per heavy atom. The van der Waals surface area contributed by atoms with Crippen LogP contribution < -0.4 is 0 Å². The van der Waals surface area contributed by atoms with Crippen LogP contribution in [0.15, 0.2) is 47.1 Å². The number of hydrogen-bond donors (Lipinski definition) is 0. The molecule has 0 aliphatic rings. The van der Waals surface area contributed by atoms with Gasteiger partial charge < -0.3 is 9.62 Å². The lowest BCUT2D eigenvalue weighted by atomic mass is 10.2. The van der Waals surface area contributed by atoms with Crippen molar-refractivity contribution in [3.05, 3.63) is 59.2 Å². The van der Waals surface area contributed by atoms with Gasteiger partial charge in [0.1, 0.15) is 0 Å². The summed E-state index contributed by atoms with van der Waals surface area (Å²) in [6.45, 7) is 1.90. The Balaban J connectivity index is 2.36. The molecule has 2 aromatic rings. The SMILES string of the molecule is Cc1ccccc1[N+]([O-])=Cc1ccco1. The monoisotopic (exact) mass is 201 g/mol. The summed E-state index contributed by atoms with van der Waals surface area (Å²) >= 11 is 0. The van der Waals surface area contributed by atoms with Crippen molar-refractivity contribution in [2.24, 2.45) is 0 Å². The Morgan fingerprint density at radius 1 is 1.20 bits per heavy atom. The normalized spacial score (nSPS) is 11.7. The highest BCUT2D eigenvalue weighted by atomic mass is 16.5. The molecular weight excluding hydrogens is 190 g/mol. The van der Waals surface area contributed by atoms with Gasteiger partial charge in [-0.2, -0.15) is 4.74 Å². The molecule has 3 heteroatoms. The second kappa shape index (κ2) is 4.00. The molecule has 0 saturated heterocycles. The van der Waals surface area contributed by atoms with Gasteiger partial charge in [-0.05, 0) is 19.1 Å². The van der Waals surface area contributed by atoms with Crippen LogP contribution in [-0.4, -0.2) is 11.0 Å². The van der Waals surface area contributed by atoms with Gasteiger partial charge in [0.15, 0.2) is 5.76 Å². The van der Waals surface area contributed by atoms with Gasteiger partial charge in [0.25, 0.3) is 0 Å². The van der Waals surface area contributed by atoms with Crippen LogP contribution in [0.4, 0.5) is 5.69 Å². The van der Waals surface area contributed by atoms with Crippen molar-refractivity contribution in [3.8, 4) is 0 Å². The summed E-state index contributed by atoms with van der Waals surface area (Å²) < 4.78 is 5.88. The van der Waals surface area contributed by atoms with E-state index in [2.05, 4.69) is 0 Å². The van der Waals surface area contributed by atoms with Crippen molar-refractivity contribution in [2.45, 2.75) is 6.92 Å². The maximum Gasteiger partial charge on any atom is 0.223 e. The van der Waals surface area contributed by atoms with Crippen LogP contribution in [0, 0.1) is 12.1 Å². The highest BCUT2D eigenvalue weighted by molar-refractivity contribution is 5.72. The van der Waals surface area contributed by atoms with Crippen molar-refractivity contribution in [1.82, 2.24) is 0 Å². The number of aryl methyl sites for hydroxylation is 1. The Hall–Kier alpha value is -2.03. The Labute approximate surface area is 87.9 Å². The molecule has 0 N–H and O–H groups in total. The van der Waals surface area contributed by atoms with Crippen LogP contribution in [0.3, 0.4) is 0 Å². The Morgan fingerprint density at radius 3 is 2.67 bits per heavy atom. The van der Waals surface area contributed by atoms with Gasteiger partial charge in [-0.25, -0.2) is 0 Å². The minimum atomic E-state index is 0.549. The summed E-state index contributed by atoms with van der Waals surface area (Å²) in [5, 5.41) is 11.7. The number of benzene rings is 1. The molecule has 1 aromatic heterocycles. The zero-order valence-electron chi connectivity index (χ0n) is 8.38. The fourth-order valence-corrected chi connectivity index (χ4v) is 1.36. The zero-order chi connectivity index (χ0) is 10.7. The molecule has 0 amide bonds. The summed E-state index contributed by atoms with van der Waals surface area (Å²) in [6.07, 6.45) is 2.96. The molecule has 0 fully saturated rings. The number of nitrogens with zero attached hydrogens (tertiary/aromatic N) is 1. The molecule has 0 aliphatic heterocycles. The minimum Gasteiger partial charge on any atom is -0.618 e. The molecule has 15 heavy (non-hydrogen) atoms.